The van der Waals surface area contributed by atoms with Gasteiger partial charge in [0, 0.05) is 36.1 Å². The molecule has 1 aliphatic rings. The molecule has 0 bridgehead atoms. The second-order valence-corrected chi connectivity index (χ2v) is 8.25. The van der Waals surface area contributed by atoms with Crippen molar-refractivity contribution in [3.05, 3.63) is 60.4 Å². The van der Waals surface area contributed by atoms with E-state index in [1.165, 1.54) is 6.26 Å². The van der Waals surface area contributed by atoms with Crippen molar-refractivity contribution in [2.75, 3.05) is 11.9 Å². The van der Waals surface area contributed by atoms with Crippen LogP contribution in [0, 0.1) is 11.8 Å². The highest BCUT2D eigenvalue weighted by atomic mass is 16.5. The summed E-state index contributed by atoms with van der Waals surface area (Å²) in [5.74, 6) is 6.34. The molecular formula is C26H23N7O3. The first-order valence-electron chi connectivity index (χ1n) is 11.5. The number of fused-ring (bicyclic) bond motifs is 1. The van der Waals surface area contributed by atoms with Gasteiger partial charge in [0.2, 0.25) is 0 Å². The molecule has 1 saturated heterocycles. The number of aliphatic imine (C=N–C) groups is 1. The predicted octanol–water partition coefficient (Wildman–Crippen LogP) is 4.05. The highest BCUT2D eigenvalue weighted by molar-refractivity contribution is 6.04. The Bertz CT molecular complexity index is 1490. The molecule has 0 aliphatic carbocycles. The fourth-order valence-corrected chi connectivity index (χ4v) is 4.47. The first-order valence-corrected chi connectivity index (χ1v) is 11.5. The van der Waals surface area contributed by atoms with Crippen LogP contribution in [0.1, 0.15) is 48.4 Å². The summed E-state index contributed by atoms with van der Waals surface area (Å²) in [7, 11) is 0. The van der Waals surface area contributed by atoms with E-state index in [9.17, 15) is 9.59 Å². The Morgan fingerprint density at radius 1 is 1.22 bits per heavy atom. The molecule has 0 saturated carbocycles. The number of nitrogens with one attached hydrogen (secondary N) is 1. The average molecular weight is 482 g/mol. The third-order valence-corrected chi connectivity index (χ3v) is 6.11. The first-order chi connectivity index (χ1) is 17.6. The molecule has 36 heavy (non-hydrogen) atoms. The molecule has 180 valence electrons. The molecule has 4 heterocycles. The Morgan fingerprint density at radius 3 is 2.78 bits per heavy atom. The lowest BCUT2D eigenvalue weighted by atomic mass is 10.0. The van der Waals surface area contributed by atoms with Gasteiger partial charge in [0.1, 0.15) is 23.3 Å². The van der Waals surface area contributed by atoms with Crippen LogP contribution in [0.25, 0.3) is 16.8 Å². The summed E-state index contributed by atoms with van der Waals surface area (Å²) in [6.45, 7) is 5.95. The summed E-state index contributed by atoms with van der Waals surface area (Å²) in [4.78, 5) is 40.6. The molecule has 1 fully saturated rings. The first kappa shape index (κ1) is 23.0. The summed E-state index contributed by atoms with van der Waals surface area (Å²) in [6, 6.07) is 8.38. The van der Waals surface area contributed by atoms with Gasteiger partial charge in [-0.2, -0.15) is 0 Å². The van der Waals surface area contributed by atoms with Gasteiger partial charge in [0.15, 0.2) is 11.6 Å². The number of imidazole rings is 1. The molecule has 0 unspecified atom stereocenters. The molecule has 0 spiro atoms. The molecule has 10 heteroatoms. The highest BCUT2D eigenvalue weighted by Gasteiger charge is 2.32. The maximum Gasteiger partial charge on any atom is 0.299 e. The van der Waals surface area contributed by atoms with E-state index >= 15 is 0 Å². The van der Waals surface area contributed by atoms with Gasteiger partial charge in [-0.1, -0.05) is 23.2 Å². The quantitative estimate of drug-likeness (QED) is 0.339. The van der Waals surface area contributed by atoms with Crippen LogP contribution in [-0.4, -0.2) is 49.5 Å². The molecule has 1 aliphatic heterocycles. The number of carbonyl (C=O) groups is 2. The highest BCUT2D eigenvalue weighted by Crippen LogP contribution is 2.37. The third-order valence-electron chi connectivity index (χ3n) is 6.11. The summed E-state index contributed by atoms with van der Waals surface area (Å²) < 4.78 is 6.68. The average Bonchev–Trinajstić information content (AvgIpc) is 3.57. The number of anilines is 1. The minimum atomic E-state index is -0.311. The summed E-state index contributed by atoms with van der Waals surface area (Å²) in [6.07, 6.45) is 7.52. The Hall–Kier alpha value is -4.78. The Balaban J connectivity index is 1.56. The van der Waals surface area contributed by atoms with Crippen molar-refractivity contribution in [2.24, 2.45) is 4.99 Å². The smallest absolute Gasteiger partial charge is 0.299 e. The van der Waals surface area contributed by atoms with Crippen molar-refractivity contribution in [2.45, 2.75) is 32.2 Å². The maximum atomic E-state index is 12.8. The topological polar surface area (TPSA) is 118 Å². The van der Waals surface area contributed by atoms with Crippen LogP contribution in [-0.2, 0) is 4.79 Å². The van der Waals surface area contributed by atoms with Gasteiger partial charge < -0.3 is 14.7 Å². The molecule has 1 aromatic carbocycles. The number of carbonyl (C=O) groups excluding carboxylic acids is 2. The van der Waals surface area contributed by atoms with E-state index in [4.69, 9.17) is 9.51 Å². The molecular weight excluding hydrogens is 458 g/mol. The van der Waals surface area contributed by atoms with Crippen molar-refractivity contribution >= 4 is 35.7 Å². The Kier molecular flexibility index (Phi) is 6.28. The number of aromatic nitrogens is 4. The molecule has 1 atom stereocenters. The number of hydrogen-bond donors (Lipinski definition) is 1. The van der Waals surface area contributed by atoms with Gasteiger partial charge in [-0.15, -0.1) is 0 Å². The predicted molar refractivity (Wildman–Crippen MR) is 134 cm³/mol. The van der Waals surface area contributed by atoms with Crippen LogP contribution < -0.4 is 5.32 Å². The number of rotatable bonds is 5. The minimum absolute atomic E-state index is 0.209. The van der Waals surface area contributed by atoms with Crippen molar-refractivity contribution in [1.29, 1.82) is 0 Å². The molecule has 10 nitrogen and oxygen atoms in total. The van der Waals surface area contributed by atoms with Gasteiger partial charge in [-0.3, -0.25) is 14.0 Å². The zero-order valence-electron chi connectivity index (χ0n) is 19.6. The standard InChI is InChI=1S/C26H23N7O3/c1-3-6-21(34)32-14-5-4-7-19(32)25-30-22(23-24(27-2)28-13-15-33(23)25)17-8-10-18(11-9-17)26(35)29-20-12-16-36-31-20/h8-13,15-16,19H,2,4-5,7,14H2,1H3,(H,29,31,35)/t19-/m0/s1. The molecule has 4 aromatic rings. The van der Waals surface area contributed by atoms with Crippen molar-refractivity contribution in [3.63, 3.8) is 0 Å². The molecule has 1 N–H and O–H groups in total. The van der Waals surface area contributed by atoms with Crippen LogP contribution in [0.2, 0.25) is 0 Å². The van der Waals surface area contributed by atoms with Gasteiger partial charge in [0.05, 0.1) is 6.04 Å². The summed E-state index contributed by atoms with van der Waals surface area (Å²) in [5, 5.41) is 6.37. The van der Waals surface area contributed by atoms with Gasteiger partial charge in [0.25, 0.3) is 11.8 Å². The second-order valence-electron chi connectivity index (χ2n) is 8.25. The molecule has 0 radical (unpaired) electrons. The van der Waals surface area contributed by atoms with Gasteiger partial charge in [-0.25, -0.2) is 15.0 Å². The van der Waals surface area contributed by atoms with Crippen molar-refractivity contribution in [3.8, 4) is 23.1 Å². The Morgan fingerprint density at radius 2 is 2.06 bits per heavy atom. The fraction of sp³-hybridized carbons (Fsp3) is 0.231. The lowest BCUT2D eigenvalue weighted by Crippen LogP contribution is -2.38. The number of nitrogens with zero attached hydrogens (tertiary/aromatic N) is 6. The van der Waals surface area contributed by atoms with Gasteiger partial charge >= 0.3 is 0 Å². The van der Waals surface area contributed by atoms with Crippen LogP contribution in [0.3, 0.4) is 0 Å². The zero-order chi connectivity index (χ0) is 25.1. The minimum Gasteiger partial charge on any atom is -0.363 e. The maximum absolute atomic E-state index is 12.8. The largest absolute Gasteiger partial charge is 0.363 e. The molecule has 2 amide bonds. The van der Waals surface area contributed by atoms with E-state index in [-0.39, 0.29) is 17.9 Å². The van der Waals surface area contributed by atoms with Crippen LogP contribution in [0.4, 0.5) is 11.6 Å². The molecule has 5 rings (SSSR count). The fourth-order valence-electron chi connectivity index (χ4n) is 4.47. The van der Waals surface area contributed by atoms with E-state index in [2.05, 4.69) is 39.0 Å². The number of benzene rings is 1. The van der Waals surface area contributed by atoms with Gasteiger partial charge in [-0.05, 0) is 51.0 Å². The lowest BCUT2D eigenvalue weighted by Gasteiger charge is -2.33. The number of hydrogen-bond acceptors (Lipinski definition) is 7. The zero-order valence-corrected chi connectivity index (χ0v) is 19.6. The van der Waals surface area contributed by atoms with E-state index in [1.807, 2.05) is 22.7 Å². The number of likely N-dealkylation sites (tertiary alicyclic amines) is 1. The van der Waals surface area contributed by atoms with Crippen LogP contribution in [0.15, 0.2) is 58.5 Å². The lowest BCUT2D eigenvalue weighted by molar-refractivity contribution is -0.129. The van der Waals surface area contributed by atoms with E-state index < -0.39 is 0 Å². The monoisotopic (exact) mass is 481 g/mol. The number of piperidine rings is 1. The van der Waals surface area contributed by atoms with Crippen molar-refractivity contribution in [1.82, 2.24) is 24.4 Å². The third kappa shape index (κ3) is 4.22. The normalized spacial score (nSPS) is 15.2. The van der Waals surface area contributed by atoms with E-state index in [0.717, 1.165) is 24.8 Å². The van der Waals surface area contributed by atoms with E-state index in [1.54, 1.807) is 36.2 Å². The second kappa shape index (κ2) is 9.84. The Labute approximate surface area is 207 Å². The number of amides is 2. The van der Waals surface area contributed by atoms with Crippen molar-refractivity contribution < 1.29 is 14.1 Å². The summed E-state index contributed by atoms with van der Waals surface area (Å²) >= 11 is 0. The van der Waals surface area contributed by atoms with Crippen LogP contribution >= 0.6 is 0 Å². The molecule has 3 aromatic heterocycles. The van der Waals surface area contributed by atoms with Crippen LogP contribution in [0.5, 0.6) is 0 Å². The SMILES string of the molecule is C=Nc1nccn2c([C@@H]3CCCCN3C(=O)C#CC)nc(-c3ccc(C(=O)Nc4ccon4)cc3)c12. The summed E-state index contributed by atoms with van der Waals surface area (Å²) in [5.41, 5.74) is 2.55. The van der Waals surface area contributed by atoms with E-state index in [0.29, 0.717) is 40.8 Å².